The number of anilines is 1. The quantitative estimate of drug-likeness (QED) is 0.778. The maximum atomic E-state index is 13.0. The fourth-order valence-electron chi connectivity index (χ4n) is 3.35. The first-order chi connectivity index (χ1) is 13.9. The summed E-state index contributed by atoms with van der Waals surface area (Å²) in [5, 5.41) is 0. The number of ether oxygens (including phenoxy) is 2. The van der Waals surface area contributed by atoms with Crippen molar-refractivity contribution in [3.63, 3.8) is 0 Å². The molecule has 7 nitrogen and oxygen atoms in total. The molecule has 1 saturated heterocycles. The van der Waals surface area contributed by atoms with E-state index in [-0.39, 0.29) is 16.5 Å². The highest BCUT2D eigenvalue weighted by atomic mass is 32.2. The van der Waals surface area contributed by atoms with Crippen molar-refractivity contribution in [2.75, 3.05) is 31.0 Å². The number of rotatable bonds is 4. The van der Waals surface area contributed by atoms with Gasteiger partial charge in [0.2, 0.25) is 0 Å². The average molecular weight is 414 g/mol. The number of sulfonamides is 1. The van der Waals surface area contributed by atoms with Gasteiger partial charge < -0.3 is 14.4 Å². The van der Waals surface area contributed by atoms with Crippen LogP contribution in [-0.4, -0.2) is 45.5 Å². The SMILES string of the molecule is C=C1CCN(C(=O)c2ccccc2NS(=O)(=O)c2ccc3c(c2)OCCO3)CC1. The van der Waals surface area contributed by atoms with Crippen molar-refractivity contribution in [2.45, 2.75) is 17.7 Å². The number of likely N-dealkylation sites (tertiary alicyclic amines) is 1. The zero-order valence-electron chi connectivity index (χ0n) is 15.9. The van der Waals surface area contributed by atoms with Crippen molar-refractivity contribution in [3.8, 4) is 11.5 Å². The highest BCUT2D eigenvalue weighted by Gasteiger charge is 2.25. The van der Waals surface area contributed by atoms with Crippen LogP contribution in [0.4, 0.5) is 5.69 Å². The highest BCUT2D eigenvalue weighted by Crippen LogP contribution is 2.33. The fourth-order valence-corrected chi connectivity index (χ4v) is 4.44. The summed E-state index contributed by atoms with van der Waals surface area (Å²) >= 11 is 0. The summed E-state index contributed by atoms with van der Waals surface area (Å²) in [6.07, 6.45) is 1.52. The molecule has 152 valence electrons. The van der Waals surface area contributed by atoms with Crippen molar-refractivity contribution in [1.29, 1.82) is 0 Å². The largest absolute Gasteiger partial charge is 0.486 e. The van der Waals surface area contributed by atoms with Gasteiger partial charge in [-0.3, -0.25) is 9.52 Å². The molecule has 2 heterocycles. The lowest BCUT2D eigenvalue weighted by molar-refractivity contribution is 0.0745. The number of carbonyl (C=O) groups is 1. The lowest BCUT2D eigenvalue weighted by Crippen LogP contribution is -2.36. The Balaban J connectivity index is 1.59. The predicted molar refractivity (Wildman–Crippen MR) is 109 cm³/mol. The molecule has 0 spiro atoms. The first kappa shape index (κ1) is 19.3. The lowest BCUT2D eigenvalue weighted by Gasteiger charge is -2.28. The molecule has 2 aromatic carbocycles. The van der Waals surface area contributed by atoms with Crippen LogP contribution in [-0.2, 0) is 10.0 Å². The van der Waals surface area contributed by atoms with E-state index in [1.165, 1.54) is 12.1 Å². The summed E-state index contributed by atoms with van der Waals surface area (Å²) in [4.78, 5) is 14.7. The third-order valence-corrected chi connectivity index (χ3v) is 6.35. The van der Waals surface area contributed by atoms with Gasteiger partial charge in [0.1, 0.15) is 13.2 Å². The molecule has 0 radical (unpaired) electrons. The normalized spacial score (nSPS) is 16.4. The molecule has 0 atom stereocenters. The Labute approximate surface area is 170 Å². The molecule has 2 aromatic rings. The Morgan fingerprint density at radius 3 is 2.45 bits per heavy atom. The second kappa shape index (κ2) is 7.79. The molecule has 0 aliphatic carbocycles. The average Bonchev–Trinajstić information content (AvgIpc) is 2.73. The number of carbonyl (C=O) groups excluding carboxylic acids is 1. The van der Waals surface area contributed by atoms with E-state index in [9.17, 15) is 13.2 Å². The van der Waals surface area contributed by atoms with Crippen LogP contribution in [0.25, 0.3) is 0 Å². The minimum absolute atomic E-state index is 0.0401. The number of amides is 1. The molecule has 2 aliphatic rings. The van der Waals surface area contributed by atoms with E-state index in [2.05, 4.69) is 11.3 Å². The van der Waals surface area contributed by atoms with Gasteiger partial charge in [0.05, 0.1) is 16.1 Å². The highest BCUT2D eigenvalue weighted by molar-refractivity contribution is 7.92. The summed E-state index contributed by atoms with van der Waals surface area (Å²) < 4.78 is 39.3. The monoisotopic (exact) mass is 414 g/mol. The van der Waals surface area contributed by atoms with Crippen LogP contribution in [0.2, 0.25) is 0 Å². The molecule has 2 aliphatic heterocycles. The van der Waals surface area contributed by atoms with E-state index in [0.717, 1.165) is 18.4 Å². The second-order valence-electron chi connectivity index (χ2n) is 7.00. The summed E-state index contributed by atoms with van der Waals surface area (Å²) in [6.45, 7) is 5.92. The van der Waals surface area contributed by atoms with Crippen LogP contribution in [0.15, 0.2) is 59.5 Å². The van der Waals surface area contributed by atoms with E-state index < -0.39 is 10.0 Å². The first-order valence-corrected chi connectivity index (χ1v) is 10.9. The Morgan fingerprint density at radius 2 is 1.69 bits per heavy atom. The van der Waals surface area contributed by atoms with Crippen LogP contribution < -0.4 is 14.2 Å². The summed E-state index contributed by atoms with van der Waals surface area (Å²) in [7, 11) is -3.91. The fraction of sp³-hybridized carbons (Fsp3) is 0.286. The van der Waals surface area contributed by atoms with Gasteiger partial charge in [-0.2, -0.15) is 0 Å². The second-order valence-corrected chi connectivity index (χ2v) is 8.68. The summed E-state index contributed by atoms with van der Waals surface area (Å²) in [5.74, 6) is 0.701. The van der Waals surface area contributed by atoms with E-state index in [4.69, 9.17) is 9.47 Å². The van der Waals surface area contributed by atoms with Gasteiger partial charge in [0.25, 0.3) is 15.9 Å². The third kappa shape index (κ3) is 4.07. The lowest BCUT2D eigenvalue weighted by atomic mass is 10.0. The molecule has 0 unspecified atom stereocenters. The van der Waals surface area contributed by atoms with Crippen molar-refractivity contribution < 1.29 is 22.7 Å². The Bertz CT molecular complexity index is 1050. The van der Waals surface area contributed by atoms with Gasteiger partial charge in [-0.25, -0.2) is 8.42 Å². The molecule has 8 heteroatoms. The van der Waals surface area contributed by atoms with Crippen LogP contribution in [0.5, 0.6) is 11.5 Å². The van der Waals surface area contributed by atoms with Crippen molar-refractivity contribution >= 4 is 21.6 Å². The van der Waals surface area contributed by atoms with E-state index in [0.29, 0.717) is 43.4 Å². The Morgan fingerprint density at radius 1 is 1.00 bits per heavy atom. The first-order valence-electron chi connectivity index (χ1n) is 9.41. The molecule has 0 bridgehead atoms. The zero-order chi connectivity index (χ0) is 20.4. The van der Waals surface area contributed by atoms with Crippen LogP contribution in [0.3, 0.4) is 0 Å². The Hall–Kier alpha value is -3.00. The van der Waals surface area contributed by atoms with Crippen molar-refractivity contribution in [1.82, 2.24) is 4.90 Å². The van der Waals surface area contributed by atoms with Gasteiger partial charge in [0, 0.05) is 19.2 Å². The maximum Gasteiger partial charge on any atom is 0.262 e. The zero-order valence-corrected chi connectivity index (χ0v) is 16.7. The van der Waals surface area contributed by atoms with Crippen LogP contribution in [0, 0.1) is 0 Å². The molecule has 0 aromatic heterocycles. The number of hydrogen-bond donors (Lipinski definition) is 1. The number of nitrogens with one attached hydrogen (secondary N) is 1. The van der Waals surface area contributed by atoms with Crippen LogP contribution in [0.1, 0.15) is 23.2 Å². The molecular weight excluding hydrogens is 392 g/mol. The molecule has 1 amide bonds. The van der Waals surface area contributed by atoms with Gasteiger partial charge in [-0.05, 0) is 37.1 Å². The van der Waals surface area contributed by atoms with Gasteiger partial charge in [-0.1, -0.05) is 24.3 Å². The number of para-hydroxylation sites is 1. The molecule has 29 heavy (non-hydrogen) atoms. The van der Waals surface area contributed by atoms with Crippen molar-refractivity contribution in [2.24, 2.45) is 0 Å². The number of hydrogen-bond acceptors (Lipinski definition) is 5. The van der Waals surface area contributed by atoms with Gasteiger partial charge >= 0.3 is 0 Å². The molecule has 1 fully saturated rings. The summed E-state index contributed by atoms with van der Waals surface area (Å²) in [5.41, 5.74) is 1.69. The standard InChI is InChI=1S/C21H22N2O5S/c1-15-8-10-23(11-9-15)21(24)17-4-2-3-5-18(17)22-29(25,26)16-6-7-19-20(14-16)28-13-12-27-19/h2-7,14,22H,1,8-13H2. The minimum atomic E-state index is -3.91. The van der Waals surface area contributed by atoms with Gasteiger partial charge in [-0.15, -0.1) is 0 Å². The number of fused-ring (bicyclic) bond motifs is 1. The van der Waals surface area contributed by atoms with E-state index in [1.54, 1.807) is 35.2 Å². The van der Waals surface area contributed by atoms with Crippen molar-refractivity contribution in [3.05, 3.63) is 60.2 Å². The maximum absolute atomic E-state index is 13.0. The molecule has 4 rings (SSSR count). The van der Waals surface area contributed by atoms with Crippen LogP contribution >= 0.6 is 0 Å². The number of nitrogens with zero attached hydrogens (tertiary/aromatic N) is 1. The predicted octanol–water partition coefficient (Wildman–Crippen LogP) is 3.05. The number of benzene rings is 2. The Kier molecular flexibility index (Phi) is 5.19. The number of piperidine rings is 1. The van der Waals surface area contributed by atoms with E-state index in [1.807, 2.05) is 0 Å². The molecule has 0 saturated carbocycles. The smallest absolute Gasteiger partial charge is 0.262 e. The summed E-state index contributed by atoms with van der Waals surface area (Å²) in [6, 6.07) is 11.1. The molecular formula is C21H22N2O5S. The topological polar surface area (TPSA) is 84.9 Å². The third-order valence-electron chi connectivity index (χ3n) is 4.98. The van der Waals surface area contributed by atoms with Gasteiger partial charge in [0.15, 0.2) is 11.5 Å². The van der Waals surface area contributed by atoms with E-state index >= 15 is 0 Å². The minimum Gasteiger partial charge on any atom is -0.486 e. The molecule has 1 N–H and O–H groups in total.